The zero-order valence-corrected chi connectivity index (χ0v) is 11.6. The van der Waals surface area contributed by atoms with Crippen LogP contribution >= 0.6 is 0 Å². The maximum absolute atomic E-state index is 11.8. The summed E-state index contributed by atoms with van der Waals surface area (Å²) >= 11 is 0. The normalized spacial score (nSPS) is 10.9. The molecule has 0 aliphatic rings. The fraction of sp³-hybridized carbons (Fsp3) is 0.429. The lowest BCUT2D eigenvalue weighted by molar-refractivity contribution is -0.141. The second-order valence-electron chi connectivity index (χ2n) is 4.93. The van der Waals surface area contributed by atoms with Gasteiger partial charge in [0.25, 0.3) is 5.91 Å². The standard InChI is InChI=1S/C14H19NO4/c1-9-5-6-11(7-10(9)2)19-14(3,4)13(18)15-8-12(16)17/h5-7H,8H2,1-4H3,(H,15,18)(H,16,17). The number of carboxylic acid groups (broad SMARTS) is 1. The molecule has 0 aromatic heterocycles. The van der Waals surface area contributed by atoms with E-state index in [4.69, 9.17) is 9.84 Å². The van der Waals surface area contributed by atoms with Gasteiger partial charge < -0.3 is 15.2 Å². The van der Waals surface area contributed by atoms with Crippen LogP contribution in [0.2, 0.25) is 0 Å². The second-order valence-corrected chi connectivity index (χ2v) is 4.93. The number of aliphatic carboxylic acids is 1. The highest BCUT2D eigenvalue weighted by Crippen LogP contribution is 2.21. The van der Waals surface area contributed by atoms with E-state index in [0.29, 0.717) is 5.75 Å². The van der Waals surface area contributed by atoms with Crippen molar-refractivity contribution in [2.45, 2.75) is 33.3 Å². The second kappa shape index (κ2) is 5.73. The van der Waals surface area contributed by atoms with E-state index in [-0.39, 0.29) is 0 Å². The van der Waals surface area contributed by atoms with Gasteiger partial charge in [-0.15, -0.1) is 0 Å². The number of ether oxygens (including phenoxy) is 1. The van der Waals surface area contributed by atoms with E-state index < -0.39 is 24.0 Å². The van der Waals surface area contributed by atoms with Gasteiger partial charge in [0.15, 0.2) is 5.60 Å². The summed E-state index contributed by atoms with van der Waals surface area (Å²) < 4.78 is 5.63. The number of nitrogens with one attached hydrogen (secondary N) is 1. The molecule has 0 aliphatic heterocycles. The molecule has 1 amide bonds. The molecule has 0 fully saturated rings. The maximum Gasteiger partial charge on any atom is 0.322 e. The summed E-state index contributed by atoms with van der Waals surface area (Å²) in [5.41, 5.74) is 1.08. The summed E-state index contributed by atoms with van der Waals surface area (Å²) in [5.74, 6) is -0.970. The number of hydrogen-bond acceptors (Lipinski definition) is 3. The van der Waals surface area contributed by atoms with Gasteiger partial charge in [-0.1, -0.05) is 6.07 Å². The quantitative estimate of drug-likeness (QED) is 0.849. The van der Waals surface area contributed by atoms with Gasteiger partial charge in [0.1, 0.15) is 12.3 Å². The van der Waals surface area contributed by atoms with Crippen molar-refractivity contribution in [3.63, 3.8) is 0 Å². The monoisotopic (exact) mass is 265 g/mol. The van der Waals surface area contributed by atoms with Gasteiger partial charge in [0.05, 0.1) is 0 Å². The van der Waals surface area contributed by atoms with Crippen LogP contribution in [-0.2, 0) is 9.59 Å². The molecular weight excluding hydrogens is 246 g/mol. The van der Waals surface area contributed by atoms with Crippen molar-refractivity contribution < 1.29 is 19.4 Å². The third kappa shape index (κ3) is 4.28. The predicted molar refractivity (Wildman–Crippen MR) is 71.3 cm³/mol. The number of carbonyl (C=O) groups is 2. The van der Waals surface area contributed by atoms with Gasteiger partial charge >= 0.3 is 5.97 Å². The van der Waals surface area contributed by atoms with Crippen molar-refractivity contribution in [2.24, 2.45) is 0 Å². The first-order chi connectivity index (χ1) is 8.72. The molecule has 0 spiro atoms. The van der Waals surface area contributed by atoms with E-state index in [2.05, 4.69) is 5.32 Å². The molecule has 0 saturated carbocycles. The third-order valence-corrected chi connectivity index (χ3v) is 2.80. The summed E-state index contributed by atoms with van der Waals surface area (Å²) in [6.07, 6.45) is 0. The smallest absolute Gasteiger partial charge is 0.322 e. The summed E-state index contributed by atoms with van der Waals surface area (Å²) in [4.78, 5) is 22.2. The number of hydrogen-bond donors (Lipinski definition) is 2. The highest BCUT2D eigenvalue weighted by atomic mass is 16.5. The lowest BCUT2D eigenvalue weighted by Crippen LogP contribution is -2.47. The molecule has 0 atom stereocenters. The minimum atomic E-state index is -1.13. The van der Waals surface area contributed by atoms with E-state index in [0.717, 1.165) is 11.1 Å². The molecule has 5 heteroatoms. The first-order valence-electron chi connectivity index (χ1n) is 5.99. The van der Waals surface area contributed by atoms with Gasteiger partial charge in [0.2, 0.25) is 0 Å². The van der Waals surface area contributed by atoms with E-state index in [1.54, 1.807) is 19.9 Å². The Labute approximate surface area is 112 Å². The molecule has 0 unspecified atom stereocenters. The molecule has 0 radical (unpaired) electrons. The molecule has 0 bridgehead atoms. The molecule has 19 heavy (non-hydrogen) atoms. The van der Waals surface area contributed by atoms with Gasteiger partial charge in [-0.05, 0) is 51.0 Å². The summed E-state index contributed by atoms with van der Waals surface area (Å²) in [5, 5.41) is 10.8. The molecule has 1 aromatic carbocycles. The van der Waals surface area contributed by atoms with Crippen molar-refractivity contribution in [1.82, 2.24) is 5.32 Å². The van der Waals surface area contributed by atoms with Gasteiger partial charge in [0, 0.05) is 0 Å². The van der Waals surface area contributed by atoms with E-state index >= 15 is 0 Å². The third-order valence-electron chi connectivity index (χ3n) is 2.80. The van der Waals surface area contributed by atoms with Crippen molar-refractivity contribution in [3.05, 3.63) is 29.3 Å². The molecule has 1 aromatic rings. The Morgan fingerprint density at radius 2 is 1.89 bits per heavy atom. The topological polar surface area (TPSA) is 75.6 Å². The van der Waals surface area contributed by atoms with Crippen molar-refractivity contribution in [2.75, 3.05) is 6.54 Å². The van der Waals surface area contributed by atoms with Crippen molar-refractivity contribution >= 4 is 11.9 Å². The number of carboxylic acids is 1. The predicted octanol–water partition coefficient (Wildman–Crippen LogP) is 1.66. The van der Waals surface area contributed by atoms with Crippen LogP contribution in [-0.4, -0.2) is 29.1 Å². The Hall–Kier alpha value is -2.04. The molecule has 0 aliphatic carbocycles. The zero-order valence-electron chi connectivity index (χ0n) is 11.6. The van der Waals surface area contributed by atoms with Crippen LogP contribution < -0.4 is 10.1 Å². The Morgan fingerprint density at radius 1 is 1.26 bits per heavy atom. The number of rotatable bonds is 5. The zero-order chi connectivity index (χ0) is 14.6. The summed E-state index contributed by atoms with van der Waals surface area (Å²) in [6.45, 7) is 6.72. The number of carbonyl (C=O) groups excluding carboxylic acids is 1. The number of amides is 1. The van der Waals surface area contributed by atoms with E-state index in [1.807, 2.05) is 26.0 Å². The summed E-state index contributed by atoms with van der Waals surface area (Å²) in [6, 6.07) is 5.55. The first kappa shape index (κ1) is 15.0. The Bertz CT molecular complexity index is 494. The highest BCUT2D eigenvalue weighted by Gasteiger charge is 2.30. The van der Waals surface area contributed by atoms with Crippen LogP contribution in [0.5, 0.6) is 5.75 Å². The first-order valence-corrected chi connectivity index (χ1v) is 5.99. The average Bonchev–Trinajstić information content (AvgIpc) is 2.30. The minimum absolute atomic E-state index is 0.418. The molecule has 0 heterocycles. The average molecular weight is 265 g/mol. The van der Waals surface area contributed by atoms with Crippen LogP contribution in [0.15, 0.2) is 18.2 Å². The summed E-state index contributed by atoms with van der Waals surface area (Å²) in [7, 11) is 0. The van der Waals surface area contributed by atoms with Crippen LogP contribution in [0.4, 0.5) is 0 Å². The Morgan fingerprint density at radius 3 is 2.42 bits per heavy atom. The largest absolute Gasteiger partial charge is 0.480 e. The van der Waals surface area contributed by atoms with Crippen molar-refractivity contribution in [3.8, 4) is 5.75 Å². The fourth-order valence-corrected chi connectivity index (χ4v) is 1.49. The SMILES string of the molecule is Cc1ccc(OC(C)(C)C(=O)NCC(=O)O)cc1C. The minimum Gasteiger partial charge on any atom is -0.480 e. The molecular formula is C14H19NO4. The van der Waals surface area contributed by atoms with E-state index in [1.165, 1.54) is 0 Å². The lowest BCUT2D eigenvalue weighted by atomic mass is 10.1. The van der Waals surface area contributed by atoms with Crippen LogP contribution in [0.1, 0.15) is 25.0 Å². The van der Waals surface area contributed by atoms with Crippen LogP contribution in [0.3, 0.4) is 0 Å². The highest BCUT2D eigenvalue weighted by molar-refractivity contribution is 5.87. The lowest BCUT2D eigenvalue weighted by Gasteiger charge is -2.25. The van der Waals surface area contributed by atoms with Gasteiger partial charge in [-0.2, -0.15) is 0 Å². The number of benzene rings is 1. The Balaban J connectivity index is 2.74. The van der Waals surface area contributed by atoms with E-state index in [9.17, 15) is 9.59 Å². The fourth-order valence-electron chi connectivity index (χ4n) is 1.49. The van der Waals surface area contributed by atoms with Crippen LogP contribution in [0, 0.1) is 13.8 Å². The van der Waals surface area contributed by atoms with Crippen LogP contribution in [0.25, 0.3) is 0 Å². The molecule has 2 N–H and O–H groups in total. The van der Waals surface area contributed by atoms with Gasteiger partial charge in [-0.3, -0.25) is 9.59 Å². The van der Waals surface area contributed by atoms with Crippen molar-refractivity contribution in [1.29, 1.82) is 0 Å². The molecule has 5 nitrogen and oxygen atoms in total. The molecule has 0 saturated heterocycles. The maximum atomic E-state index is 11.8. The Kier molecular flexibility index (Phi) is 4.53. The molecule has 104 valence electrons. The molecule has 1 rings (SSSR count). The van der Waals surface area contributed by atoms with Gasteiger partial charge in [-0.25, -0.2) is 0 Å². The number of aryl methyl sites for hydroxylation is 2.